The van der Waals surface area contributed by atoms with E-state index in [1.165, 1.54) is 20.8 Å². The van der Waals surface area contributed by atoms with E-state index in [1.54, 1.807) is 0 Å². The molecule has 3 nitrogen and oxygen atoms in total. The topological polar surface area (TPSA) is 46.5 Å². The maximum absolute atomic E-state index is 12.2. The number of ether oxygens (including phenoxy) is 1. The van der Waals surface area contributed by atoms with Crippen molar-refractivity contribution in [2.24, 2.45) is 0 Å². The lowest BCUT2D eigenvalue weighted by Gasteiger charge is -2.23. The van der Waals surface area contributed by atoms with Gasteiger partial charge in [0.1, 0.15) is 0 Å². The Labute approximate surface area is 63.0 Å². The van der Waals surface area contributed by atoms with Gasteiger partial charge < -0.3 is 9.84 Å². The van der Waals surface area contributed by atoms with Crippen LogP contribution in [0.1, 0.15) is 20.8 Å². The Kier molecular flexibility index (Phi) is 2.55. The van der Waals surface area contributed by atoms with Crippen molar-refractivity contribution in [2.45, 2.75) is 32.5 Å². The van der Waals surface area contributed by atoms with E-state index in [0.717, 1.165) is 0 Å². The molecule has 0 aliphatic carbocycles. The van der Waals surface area contributed by atoms with Crippen molar-refractivity contribution in [3.8, 4) is 0 Å². The Hall–Kier alpha value is -0.710. The van der Waals surface area contributed by atoms with Crippen LogP contribution in [-0.2, 0) is 9.53 Å². The first-order valence-corrected chi connectivity index (χ1v) is 2.96. The minimum atomic E-state index is -4.10. The molecule has 1 N–H and O–H groups in total. The molecule has 0 radical (unpaired) electrons. The molecule has 0 aromatic carbocycles. The second kappa shape index (κ2) is 2.73. The van der Waals surface area contributed by atoms with Crippen LogP contribution in [0.5, 0.6) is 0 Å². The molecular formula is C6H10F2O3. The average molecular weight is 168 g/mol. The van der Waals surface area contributed by atoms with Crippen LogP contribution in [-0.4, -0.2) is 22.8 Å². The van der Waals surface area contributed by atoms with Crippen LogP contribution in [0.3, 0.4) is 0 Å². The summed E-state index contributed by atoms with van der Waals surface area (Å²) < 4.78 is 28.4. The smallest absolute Gasteiger partial charge is 0.456 e. The molecule has 0 aliphatic rings. The molecule has 0 saturated heterocycles. The molecule has 0 aliphatic heterocycles. The standard InChI is InChI=1S/C6H10F2O3/c1-5(2,3)11-6(7,8)4(9)10/h1-3H3,(H,9,10). The summed E-state index contributed by atoms with van der Waals surface area (Å²) in [5, 5.41) is 7.93. The number of carboxylic acid groups (broad SMARTS) is 1. The molecule has 0 aromatic heterocycles. The van der Waals surface area contributed by atoms with Crippen LogP contribution in [0.15, 0.2) is 0 Å². The van der Waals surface area contributed by atoms with E-state index in [4.69, 9.17) is 5.11 Å². The maximum atomic E-state index is 12.2. The lowest BCUT2D eigenvalue weighted by atomic mass is 10.2. The van der Waals surface area contributed by atoms with E-state index in [2.05, 4.69) is 4.74 Å². The summed E-state index contributed by atoms with van der Waals surface area (Å²) in [7, 11) is 0. The van der Waals surface area contributed by atoms with Crippen LogP contribution < -0.4 is 0 Å². The molecule has 0 unspecified atom stereocenters. The summed E-state index contributed by atoms with van der Waals surface area (Å²) in [6.07, 6.45) is -4.10. The Balaban J connectivity index is 4.25. The molecule has 5 heteroatoms. The van der Waals surface area contributed by atoms with Gasteiger partial charge in [0.2, 0.25) is 0 Å². The Morgan fingerprint density at radius 1 is 1.36 bits per heavy atom. The van der Waals surface area contributed by atoms with Crippen LogP contribution in [0.4, 0.5) is 8.78 Å². The van der Waals surface area contributed by atoms with Crippen molar-refractivity contribution in [1.29, 1.82) is 0 Å². The van der Waals surface area contributed by atoms with E-state index >= 15 is 0 Å². The number of aliphatic carboxylic acids is 1. The second-order valence-electron chi connectivity index (χ2n) is 3.04. The Morgan fingerprint density at radius 3 is 1.82 bits per heavy atom. The zero-order chi connectivity index (χ0) is 9.28. The maximum Gasteiger partial charge on any atom is 0.456 e. The fourth-order valence-electron chi connectivity index (χ4n) is 0.428. The first-order chi connectivity index (χ1) is 4.65. The summed E-state index contributed by atoms with van der Waals surface area (Å²) >= 11 is 0. The second-order valence-corrected chi connectivity index (χ2v) is 3.04. The highest BCUT2D eigenvalue weighted by atomic mass is 19.3. The van der Waals surface area contributed by atoms with Gasteiger partial charge in [-0.3, -0.25) is 0 Å². The van der Waals surface area contributed by atoms with Crippen LogP contribution >= 0.6 is 0 Å². The third-order valence-electron chi connectivity index (χ3n) is 0.683. The molecule has 0 atom stereocenters. The van der Waals surface area contributed by atoms with Crippen LogP contribution in [0, 0.1) is 0 Å². The molecule has 0 rings (SSSR count). The molecule has 0 saturated carbocycles. The van der Waals surface area contributed by atoms with Crippen molar-refractivity contribution in [3.63, 3.8) is 0 Å². The highest BCUT2D eigenvalue weighted by Gasteiger charge is 2.44. The summed E-state index contributed by atoms with van der Waals surface area (Å²) in [5.74, 6) is -2.27. The van der Waals surface area contributed by atoms with Crippen molar-refractivity contribution < 1.29 is 23.4 Å². The van der Waals surface area contributed by atoms with Gasteiger partial charge in [0.05, 0.1) is 5.60 Å². The third kappa shape index (κ3) is 3.87. The molecule has 0 heterocycles. The molecule has 0 aromatic rings. The number of halogens is 2. The predicted molar refractivity (Wildman–Crippen MR) is 33.4 cm³/mol. The van der Waals surface area contributed by atoms with Crippen molar-refractivity contribution in [1.82, 2.24) is 0 Å². The minimum Gasteiger partial charge on any atom is -0.475 e. The zero-order valence-corrected chi connectivity index (χ0v) is 6.52. The van der Waals surface area contributed by atoms with E-state index in [1.807, 2.05) is 0 Å². The number of alkyl halides is 2. The Morgan fingerprint density at radius 2 is 1.73 bits per heavy atom. The minimum absolute atomic E-state index is 1.16. The number of hydrogen-bond acceptors (Lipinski definition) is 2. The molecular weight excluding hydrogens is 158 g/mol. The van der Waals surface area contributed by atoms with Crippen LogP contribution in [0.2, 0.25) is 0 Å². The lowest BCUT2D eigenvalue weighted by molar-refractivity contribution is -0.278. The zero-order valence-electron chi connectivity index (χ0n) is 6.52. The first-order valence-electron chi connectivity index (χ1n) is 2.96. The third-order valence-corrected chi connectivity index (χ3v) is 0.683. The lowest BCUT2D eigenvalue weighted by Crippen LogP contribution is -2.39. The van der Waals surface area contributed by atoms with Gasteiger partial charge in [-0.1, -0.05) is 0 Å². The van der Waals surface area contributed by atoms with Crippen molar-refractivity contribution >= 4 is 5.97 Å². The fraction of sp³-hybridized carbons (Fsp3) is 0.833. The summed E-state index contributed by atoms with van der Waals surface area (Å²) in [5.41, 5.74) is -1.16. The predicted octanol–water partition coefficient (Wildman–Crippen LogP) is 1.48. The fourth-order valence-corrected chi connectivity index (χ4v) is 0.428. The highest BCUT2D eigenvalue weighted by molar-refractivity contribution is 5.73. The molecule has 0 fully saturated rings. The monoisotopic (exact) mass is 168 g/mol. The van der Waals surface area contributed by atoms with E-state index in [-0.39, 0.29) is 0 Å². The number of carboxylic acids is 1. The van der Waals surface area contributed by atoms with Gasteiger partial charge in [-0.25, -0.2) is 4.79 Å². The number of carbonyl (C=O) groups is 1. The van der Waals surface area contributed by atoms with E-state index in [0.29, 0.717) is 0 Å². The quantitative estimate of drug-likeness (QED) is 0.679. The van der Waals surface area contributed by atoms with Crippen LogP contribution in [0.25, 0.3) is 0 Å². The largest absolute Gasteiger partial charge is 0.475 e. The summed E-state index contributed by atoms with van der Waals surface area (Å²) in [6, 6.07) is 0. The molecule has 0 bridgehead atoms. The molecule has 11 heavy (non-hydrogen) atoms. The highest BCUT2D eigenvalue weighted by Crippen LogP contribution is 2.23. The van der Waals surface area contributed by atoms with Crippen molar-refractivity contribution in [3.05, 3.63) is 0 Å². The van der Waals surface area contributed by atoms with Gasteiger partial charge in [0.25, 0.3) is 0 Å². The first kappa shape index (κ1) is 10.3. The van der Waals surface area contributed by atoms with Gasteiger partial charge in [-0.05, 0) is 20.8 Å². The molecule has 66 valence electrons. The number of hydrogen-bond donors (Lipinski definition) is 1. The van der Waals surface area contributed by atoms with E-state index in [9.17, 15) is 13.6 Å². The normalized spacial score (nSPS) is 13.2. The van der Waals surface area contributed by atoms with Gasteiger partial charge in [0.15, 0.2) is 0 Å². The molecule has 0 spiro atoms. The SMILES string of the molecule is CC(C)(C)OC(F)(F)C(=O)O. The van der Waals surface area contributed by atoms with Gasteiger partial charge >= 0.3 is 12.1 Å². The van der Waals surface area contributed by atoms with E-state index < -0.39 is 17.7 Å². The van der Waals surface area contributed by atoms with Gasteiger partial charge in [-0.2, -0.15) is 8.78 Å². The van der Waals surface area contributed by atoms with Gasteiger partial charge in [-0.15, -0.1) is 0 Å². The van der Waals surface area contributed by atoms with Gasteiger partial charge in [0, 0.05) is 0 Å². The summed E-state index contributed by atoms with van der Waals surface area (Å²) in [6.45, 7) is 4.05. The Bertz CT molecular complexity index is 160. The summed E-state index contributed by atoms with van der Waals surface area (Å²) in [4.78, 5) is 9.82. The number of rotatable bonds is 2. The average Bonchev–Trinajstić information content (AvgIpc) is 1.56. The van der Waals surface area contributed by atoms with Crippen molar-refractivity contribution in [2.75, 3.05) is 0 Å². The molecule has 0 amide bonds.